The van der Waals surface area contributed by atoms with Crippen LogP contribution in [0.25, 0.3) is 6.08 Å². The van der Waals surface area contributed by atoms with Gasteiger partial charge in [0.1, 0.15) is 62.9 Å². The molecule has 5 aliphatic rings. The number of aromatic hydroxyl groups is 7. The van der Waals surface area contributed by atoms with E-state index >= 15 is 0 Å². The molecule has 0 fully saturated rings. The second-order valence-electron chi connectivity index (χ2n) is 32.4. The summed E-state index contributed by atoms with van der Waals surface area (Å²) in [7, 11) is 15.4. The minimum Gasteiger partial charge on any atom is -0.508 e. The molecule has 7 N–H and O–H groups in total. The Balaban J connectivity index is 0.00000139. The van der Waals surface area contributed by atoms with E-state index in [1.54, 1.807) is 30.1 Å². The Bertz CT molecular complexity index is 4180. The van der Waals surface area contributed by atoms with E-state index in [0.717, 1.165) is 178 Å². The fraction of sp³-hybridized carbons (Fsp3) is 0.470. The number of terminal acetylenes is 1. The second-order valence-corrected chi connectivity index (χ2v) is 32.4. The maximum atomic E-state index is 10.5. The molecule has 5 aromatic carbocycles. The number of phenolic OH excluding ortho intramolecular Hbond substituents is 7. The van der Waals surface area contributed by atoms with Crippen molar-refractivity contribution in [1.29, 1.82) is 0 Å². The van der Waals surface area contributed by atoms with E-state index in [1.165, 1.54) is 63.8 Å². The molecule has 10 nitrogen and oxygen atoms in total. The maximum absolute atomic E-state index is 10.5. The topological polar surface area (TPSA) is 177 Å². The van der Waals surface area contributed by atoms with Gasteiger partial charge in [-0.2, -0.15) is 13.7 Å². The molecular formula is C100H139B3O10V2-2. The van der Waals surface area contributed by atoms with Gasteiger partial charge in [-0.25, -0.2) is 2.74 Å². The number of hydrogen-bond acceptors (Lipinski definition) is 10. The molecule has 0 spiro atoms. The Morgan fingerprint density at radius 1 is 0.609 bits per heavy atom. The number of allylic oxidation sites excluding steroid dienone is 14. The number of fused-ring (bicyclic) bond motifs is 4. The maximum Gasteiger partial charge on any atom is 0.187 e. The normalized spacial score (nSPS) is 19.0. The first-order chi connectivity index (χ1) is 54.8. The third kappa shape index (κ3) is 35.0. The zero-order valence-corrected chi connectivity index (χ0v) is 75.8. The Labute approximate surface area is 729 Å². The fourth-order valence-electron chi connectivity index (χ4n) is 15.6. The smallest absolute Gasteiger partial charge is 0.187 e. The van der Waals surface area contributed by atoms with Crippen molar-refractivity contribution in [3.63, 3.8) is 0 Å². The van der Waals surface area contributed by atoms with Crippen molar-refractivity contribution >= 4 is 35.8 Å². The van der Waals surface area contributed by atoms with Gasteiger partial charge in [0, 0.05) is 77.5 Å². The van der Waals surface area contributed by atoms with Crippen molar-refractivity contribution in [1.82, 2.24) is 0 Å². The first-order valence-corrected chi connectivity index (χ1v) is 40.5. The van der Waals surface area contributed by atoms with Crippen LogP contribution in [0.15, 0.2) is 167 Å². The standard InChI is InChI=1S/C21H32O.3C19H26O2.C17H22O2.C2HB.CHBO.CH2B.CH3.2V/c1-5-6-7-11-19-13-15-20(21(22)16-19)14-12-18(4)10-8-9-17(2)3;1-5-6-13-10-16(20)18-14-9-12(2)7-8-15(14)19(3,4)21-17(18)11-13;1-5-7-15-12-17(20)16-9-11-19(4,21-18(16)13-15)10-6-8-14(2)3;1-5-6-14-10-17(20)19(18(21)11-14)16-9-13(4)7-8-15(16)12(2)3;1-10(2)13-6-5-11(3)7-14(13)17-15(18)8-12(4)9-16(17)19;1-2-3;2-1-3;1-2;;;/h9,12-13,15-16,22H,5-8,10-11,14H2,1-4H3;9-11,14-15,20H,5-8H2,1-4H3;8-9,11-13,20H,5-7,10H2,1-4H3;9-11,15-16,20-21H,2,5-8H2,1,3-4H3;7-9,13-14,18-19H,1,5-6H2,2-4H3;2*1H;1H2;1H3;;/q;;;;;;;2*-1;;/b18-12+;;;;;;;;;;/t;14-,15-;;15-,16+;13-,14+;;;;;;/m.1.00....../s1/i;;;;;;2*1D;1T;;. The van der Waals surface area contributed by atoms with Gasteiger partial charge in [0.25, 0.3) is 0 Å². The minimum atomic E-state index is -1.08. The minimum absolute atomic E-state index is 0. The first-order valence-electron chi connectivity index (χ1n) is 42.3. The summed E-state index contributed by atoms with van der Waals surface area (Å²) < 4.78 is 29.6. The quantitative estimate of drug-likeness (QED) is 0.00881. The number of carbonyl (C=O) groups excluding carboxylic acids is 1. The van der Waals surface area contributed by atoms with Crippen LogP contribution in [0.3, 0.4) is 0 Å². The number of aryl methyl sites for hydroxylation is 5. The molecule has 0 bridgehead atoms. The fourth-order valence-corrected chi connectivity index (χ4v) is 15.6. The second kappa shape index (κ2) is 54.5. The molecule has 2 heterocycles. The summed E-state index contributed by atoms with van der Waals surface area (Å²) in [5.74, 6) is 6.72. The van der Waals surface area contributed by atoms with Gasteiger partial charge in [0.2, 0.25) is 0 Å². The summed E-state index contributed by atoms with van der Waals surface area (Å²) in [6, 6.07) is 21.2. The van der Waals surface area contributed by atoms with Crippen molar-refractivity contribution in [3.05, 3.63) is 237 Å². The van der Waals surface area contributed by atoms with Crippen LogP contribution >= 0.6 is 0 Å². The Hall–Kier alpha value is -7.45. The van der Waals surface area contributed by atoms with Crippen LogP contribution in [-0.4, -0.2) is 76.6 Å². The molecule has 0 aromatic heterocycles. The van der Waals surface area contributed by atoms with Gasteiger partial charge in [-0.1, -0.05) is 166 Å². The Morgan fingerprint density at radius 3 is 1.48 bits per heavy atom. The predicted octanol–water partition coefficient (Wildman–Crippen LogP) is 25.5. The van der Waals surface area contributed by atoms with Gasteiger partial charge < -0.3 is 64.2 Å². The molecular weight excluding hydrogens is 1500 g/mol. The molecule has 1 unspecified atom stereocenters. The summed E-state index contributed by atoms with van der Waals surface area (Å²) in [6.45, 7) is 47.0. The third-order valence-corrected chi connectivity index (χ3v) is 21.3. The van der Waals surface area contributed by atoms with E-state index in [4.69, 9.17) is 18.4 Å². The van der Waals surface area contributed by atoms with Crippen LogP contribution in [0.4, 0.5) is 0 Å². The van der Waals surface area contributed by atoms with Crippen LogP contribution in [0.5, 0.6) is 51.7 Å². The largest absolute Gasteiger partial charge is 0.508 e. The van der Waals surface area contributed by atoms with E-state index in [2.05, 4.69) is 221 Å². The summed E-state index contributed by atoms with van der Waals surface area (Å²) in [4.78, 5) is 8.89. The van der Waals surface area contributed by atoms with Gasteiger partial charge in [0.15, 0.2) is 15.7 Å². The number of rotatable bonds is 22. The average molecular weight is 1640 g/mol. The van der Waals surface area contributed by atoms with Crippen molar-refractivity contribution in [3.8, 4) is 64.0 Å². The molecule has 2 aliphatic heterocycles. The van der Waals surface area contributed by atoms with E-state index < -0.39 is 6.16 Å². The number of benzene rings is 5. The van der Waals surface area contributed by atoms with Crippen LogP contribution in [0.1, 0.15) is 298 Å². The van der Waals surface area contributed by atoms with Crippen LogP contribution in [-0.2, 0) is 74.0 Å². The predicted molar refractivity (Wildman–Crippen MR) is 483 cm³/mol. The van der Waals surface area contributed by atoms with Crippen molar-refractivity contribution in [2.24, 2.45) is 17.8 Å². The van der Waals surface area contributed by atoms with Gasteiger partial charge in [-0.3, -0.25) is 0 Å². The number of unbranched alkanes of at least 4 members (excludes halogenated alkanes) is 2. The molecule has 0 saturated carbocycles. The molecule has 8 radical (unpaired) electrons. The summed E-state index contributed by atoms with van der Waals surface area (Å²) in [6.07, 6.45) is 42.9. The molecule has 5 aromatic rings. The number of phenols is 7. The average Bonchev–Trinajstić information content (AvgIpc) is 0.740. The molecule has 7 atom stereocenters. The van der Waals surface area contributed by atoms with Crippen LogP contribution < -0.4 is 9.47 Å². The Morgan fingerprint density at radius 2 is 1.03 bits per heavy atom. The monoisotopic (exact) mass is 1640 g/mol. The third-order valence-electron chi connectivity index (χ3n) is 21.3. The summed E-state index contributed by atoms with van der Waals surface area (Å²) in [5.41, 5.74) is 19.4. The number of hydrogen-bond donors (Lipinski definition) is 7. The van der Waals surface area contributed by atoms with Gasteiger partial charge >= 0.3 is 0 Å². The first kappa shape index (κ1) is 102. The molecule has 0 amide bonds. The zero-order chi connectivity index (χ0) is 87.7. The molecule has 10 rings (SSSR count). The van der Waals surface area contributed by atoms with Crippen molar-refractivity contribution in [2.75, 3.05) is 0 Å². The van der Waals surface area contributed by atoms with E-state index in [1.807, 2.05) is 45.0 Å². The molecule has 115 heavy (non-hydrogen) atoms. The van der Waals surface area contributed by atoms with E-state index in [-0.39, 0.29) is 101 Å². The van der Waals surface area contributed by atoms with Gasteiger partial charge in [-0.15, -0.1) is 6.42 Å². The van der Waals surface area contributed by atoms with Crippen LogP contribution in [0, 0.1) is 51.1 Å². The molecule has 3 aliphatic carbocycles. The van der Waals surface area contributed by atoms with E-state index in [9.17, 15) is 35.7 Å². The van der Waals surface area contributed by atoms with Gasteiger partial charge in [-0.05, 0) is 312 Å². The summed E-state index contributed by atoms with van der Waals surface area (Å²) in [5, 5.41) is 72.1. The molecule has 620 valence electrons. The Kier molecular flexibility index (Phi) is 48.2. The van der Waals surface area contributed by atoms with E-state index in [0.29, 0.717) is 34.3 Å². The molecule has 0 saturated heterocycles. The zero-order valence-electron chi connectivity index (χ0n) is 76.0. The van der Waals surface area contributed by atoms with Crippen molar-refractivity contribution in [2.45, 2.75) is 288 Å². The summed E-state index contributed by atoms with van der Waals surface area (Å²) >= 11 is 0. The molecule has 15 heteroatoms. The van der Waals surface area contributed by atoms with Gasteiger partial charge in [0.05, 0.1) is 13.1 Å². The SMILES string of the molecule is C=C(C)[C@@H]1CCC(C)=C[C@H]1c1c(O)cc(C)cc1O.C=C(C)[C@@H]1CCC(C)=C[C@H]1c1c(O)cc(CCC)cc1O.CCCCCc1ccc(C/C=C(\C)CCC=C(C)C)c(O)c1.CCCc1cc(O)c2c(c1)OC(C)(C)[C@@H]1CCC(C)=C[C@@H]21.CCCc1cc(O)c2c(c1)OC(C)(CCC=C(C)C)C=C2.[2H]C([B])=O.[2H][CH-][B].[3H][CH2-].[B]C#C.[V].[V]. The van der Waals surface area contributed by atoms with Crippen molar-refractivity contribution < 1.29 is 91.2 Å². The number of carbonyl (C=O) groups is 1. The number of ether oxygens (including phenoxy) is 2. The van der Waals surface area contributed by atoms with Crippen LogP contribution in [0.2, 0.25) is 0 Å².